The van der Waals surface area contributed by atoms with Crippen LogP contribution in [0.1, 0.15) is 5.56 Å². The molecule has 0 saturated heterocycles. The average Bonchev–Trinajstić information content (AvgIpc) is 2.60. The molecular formula is C10H9F3N2O. The second-order valence-corrected chi connectivity index (χ2v) is 3.36. The quantitative estimate of drug-likeness (QED) is 0.857. The molecule has 2 rings (SSSR count). The van der Waals surface area contributed by atoms with Crippen LogP contribution >= 0.6 is 0 Å². The standard InChI is InChI=1S/C10H9F3N2O/c11-10(12,13)7-1-2-9-8(5-7)14-6-15(9)3-4-16/h1-2,5-6,16H,3-4H2. The Hall–Kier alpha value is -1.56. The van der Waals surface area contributed by atoms with Crippen molar-refractivity contribution in [1.82, 2.24) is 9.55 Å². The predicted octanol–water partition coefficient (Wildman–Crippen LogP) is 2.05. The van der Waals surface area contributed by atoms with Gasteiger partial charge in [-0.25, -0.2) is 4.98 Å². The predicted molar refractivity (Wildman–Crippen MR) is 51.8 cm³/mol. The maximum Gasteiger partial charge on any atom is 0.416 e. The molecule has 0 aliphatic carbocycles. The highest BCUT2D eigenvalue weighted by atomic mass is 19.4. The molecule has 0 radical (unpaired) electrons. The van der Waals surface area contributed by atoms with Crippen molar-refractivity contribution in [2.75, 3.05) is 6.61 Å². The van der Waals surface area contributed by atoms with Gasteiger partial charge in [0.1, 0.15) is 0 Å². The van der Waals surface area contributed by atoms with Gasteiger partial charge in [-0.05, 0) is 18.2 Å². The van der Waals surface area contributed by atoms with Crippen LogP contribution in [0.2, 0.25) is 0 Å². The van der Waals surface area contributed by atoms with Gasteiger partial charge in [0.05, 0.1) is 29.5 Å². The fourth-order valence-corrected chi connectivity index (χ4v) is 1.53. The van der Waals surface area contributed by atoms with E-state index >= 15 is 0 Å². The third kappa shape index (κ3) is 1.88. The van der Waals surface area contributed by atoms with E-state index in [9.17, 15) is 13.2 Å². The highest BCUT2D eigenvalue weighted by Crippen LogP contribution is 2.30. The molecule has 0 saturated carbocycles. The molecule has 86 valence electrons. The minimum absolute atomic E-state index is 0.0769. The maximum atomic E-state index is 12.4. The molecule has 0 fully saturated rings. The lowest BCUT2D eigenvalue weighted by atomic mass is 10.2. The van der Waals surface area contributed by atoms with E-state index in [1.807, 2.05) is 0 Å². The summed E-state index contributed by atoms with van der Waals surface area (Å²) in [4.78, 5) is 3.86. The molecule has 0 aliphatic rings. The zero-order valence-electron chi connectivity index (χ0n) is 8.20. The minimum atomic E-state index is -4.35. The van der Waals surface area contributed by atoms with E-state index in [4.69, 9.17) is 5.11 Å². The summed E-state index contributed by atoms with van der Waals surface area (Å²) in [5, 5.41) is 8.75. The highest BCUT2D eigenvalue weighted by Gasteiger charge is 2.30. The third-order valence-corrected chi connectivity index (χ3v) is 2.29. The van der Waals surface area contributed by atoms with Gasteiger partial charge in [0.2, 0.25) is 0 Å². The van der Waals surface area contributed by atoms with Crippen LogP contribution in [-0.2, 0) is 12.7 Å². The number of halogens is 3. The summed E-state index contributed by atoms with van der Waals surface area (Å²) in [7, 11) is 0. The Labute approximate surface area is 89.1 Å². The van der Waals surface area contributed by atoms with Gasteiger partial charge in [0, 0.05) is 6.54 Å². The summed E-state index contributed by atoms with van der Waals surface area (Å²) in [5.74, 6) is 0. The van der Waals surface area contributed by atoms with E-state index in [0.717, 1.165) is 12.1 Å². The van der Waals surface area contributed by atoms with Gasteiger partial charge < -0.3 is 9.67 Å². The number of benzene rings is 1. The molecule has 0 amide bonds. The Morgan fingerprint density at radius 1 is 1.31 bits per heavy atom. The van der Waals surface area contributed by atoms with E-state index in [-0.39, 0.29) is 12.1 Å². The summed E-state index contributed by atoms with van der Waals surface area (Å²) in [6, 6.07) is 3.38. The Morgan fingerprint density at radius 2 is 2.06 bits per heavy atom. The van der Waals surface area contributed by atoms with E-state index in [0.29, 0.717) is 12.1 Å². The summed E-state index contributed by atoms with van der Waals surface area (Å²) >= 11 is 0. The molecule has 3 nitrogen and oxygen atoms in total. The van der Waals surface area contributed by atoms with Crippen molar-refractivity contribution in [3.63, 3.8) is 0 Å². The Kier molecular flexibility index (Phi) is 2.59. The first kappa shape index (κ1) is 10.9. The molecule has 1 aromatic heterocycles. The SMILES string of the molecule is OCCn1cnc2cc(C(F)(F)F)ccc21. The maximum absolute atomic E-state index is 12.4. The first-order chi connectivity index (χ1) is 7.52. The first-order valence-corrected chi connectivity index (χ1v) is 4.65. The average molecular weight is 230 g/mol. The zero-order valence-corrected chi connectivity index (χ0v) is 8.20. The lowest BCUT2D eigenvalue weighted by molar-refractivity contribution is -0.137. The van der Waals surface area contributed by atoms with Crippen LogP contribution in [0.15, 0.2) is 24.5 Å². The number of hydrogen-bond acceptors (Lipinski definition) is 2. The molecule has 1 aromatic carbocycles. The van der Waals surface area contributed by atoms with Crippen LogP contribution in [0.5, 0.6) is 0 Å². The summed E-state index contributed by atoms with van der Waals surface area (Å²) in [6.07, 6.45) is -2.93. The van der Waals surface area contributed by atoms with Crippen molar-refractivity contribution >= 4 is 11.0 Å². The molecule has 6 heteroatoms. The Bertz CT molecular complexity index is 504. The second-order valence-electron chi connectivity index (χ2n) is 3.36. The number of alkyl halides is 3. The van der Waals surface area contributed by atoms with Crippen molar-refractivity contribution in [1.29, 1.82) is 0 Å². The van der Waals surface area contributed by atoms with E-state index in [1.165, 1.54) is 12.4 Å². The summed E-state index contributed by atoms with van der Waals surface area (Å²) in [6.45, 7) is 0.244. The van der Waals surface area contributed by atoms with Crippen molar-refractivity contribution in [2.45, 2.75) is 12.7 Å². The molecule has 1 N–H and O–H groups in total. The van der Waals surface area contributed by atoms with Crippen molar-refractivity contribution < 1.29 is 18.3 Å². The van der Waals surface area contributed by atoms with Gasteiger partial charge in [-0.1, -0.05) is 0 Å². The van der Waals surface area contributed by atoms with Gasteiger partial charge in [-0.2, -0.15) is 13.2 Å². The number of aromatic nitrogens is 2. The third-order valence-electron chi connectivity index (χ3n) is 2.29. The molecule has 0 spiro atoms. The minimum Gasteiger partial charge on any atom is -0.395 e. The van der Waals surface area contributed by atoms with Crippen LogP contribution in [0.3, 0.4) is 0 Å². The molecule has 0 aliphatic heterocycles. The van der Waals surface area contributed by atoms with Crippen LogP contribution in [0.25, 0.3) is 11.0 Å². The van der Waals surface area contributed by atoms with Gasteiger partial charge in [0.25, 0.3) is 0 Å². The Morgan fingerprint density at radius 3 is 2.69 bits per heavy atom. The number of aliphatic hydroxyl groups excluding tert-OH is 1. The van der Waals surface area contributed by atoms with Gasteiger partial charge in [-0.3, -0.25) is 0 Å². The largest absolute Gasteiger partial charge is 0.416 e. The number of imidazole rings is 1. The molecule has 0 bridgehead atoms. The number of aliphatic hydroxyl groups is 1. The smallest absolute Gasteiger partial charge is 0.395 e. The van der Waals surface area contributed by atoms with Crippen molar-refractivity contribution in [3.05, 3.63) is 30.1 Å². The van der Waals surface area contributed by atoms with Crippen LogP contribution < -0.4 is 0 Å². The Balaban J connectivity index is 2.49. The lowest BCUT2D eigenvalue weighted by Crippen LogP contribution is -2.05. The summed E-state index contributed by atoms with van der Waals surface area (Å²) < 4.78 is 38.8. The molecule has 0 unspecified atom stereocenters. The molecular weight excluding hydrogens is 221 g/mol. The van der Waals surface area contributed by atoms with Gasteiger partial charge in [-0.15, -0.1) is 0 Å². The van der Waals surface area contributed by atoms with Crippen LogP contribution in [0, 0.1) is 0 Å². The van der Waals surface area contributed by atoms with Gasteiger partial charge >= 0.3 is 6.18 Å². The highest BCUT2D eigenvalue weighted by molar-refractivity contribution is 5.76. The topological polar surface area (TPSA) is 38.0 Å². The van der Waals surface area contributed by atoms with E-state index in [2.05, 4.69) is 4.98 Å². The molecule has 16 heavy (non-hydrogen) atoms. The van der Waals surface area contributed by atoms with Crippen molar-refractivity contribution in [2.24, 2.45) is 0 Å². The van der Waals surface area contributed by atoms with Crippen LogP contribution in [0.4, 0.5) is 13.2 Å². The summed E-state index contributed by atoms with van der Waals surface area (Å²) in [5.41, 5.74) is 0.152. The number of hydrogen-bond donors (Lipinski definition) is 1. The zero-order chi connectivity index (χ0) is 11.8. The second kappa shape index (κ2) is 3.79. The molecule has 1 heterocycles. The number of rotatable bonds is 2. The number of fused-ring (bicyclic) bond motifs is 1. The van der Waals surface area contributed by atoms with Gasteiger partial charge in [0.15, 0.2) is 0 Å². The lowest BCUT2D eigenvalue weighted by Gasteiger charge is -2.06. The van der Waals surface area contributed by atoms with Crippen LogP contribution in [-0.4, -0.2) is 21.3 Å². The monoisotopic (exact) mass is 230 g/mol. The van der Waals surface area contributed by atoms with E-state index in [1.54, 1.807) is 4.57 Å². The normalized spacial score (nSPS) is 12.2. The first-order valence-electron chi connectivity index (χ1n) is 4.65. The van der Waals surface area contributed by atoms with E-state index < -0.39 is 11.7 Å². The molecule has 2 aromatic rings. The number of nitrogens with zero attached hydrogens (tertiary/aromatic N) is 2. The fourth-order valence-electron chi connectivity index (χ4n) is 1.53. The molecule has 0 atom stereocenters. The fraction of sp³-hybridized carbons (Fsp3) is 0.300. The van der Waals surface area contributed by atoms with Crippen molar-refractivity contribution in [3.8, 4) is 0 Å².